The number of hydrogen-bond donors (Lipinski definition) is 1. The molecule has 6 nitrogen and oxygen atoms in total. The monoisotopic (exact) mass is 372 g/mol. The van der Waals surface area contributed by atoms with Crippen molar-refractivity contribution < 1.29 is 24.2 Å². The molecule has 0 heterocycles. The summed E-state index contributed by atoms with van der Waals surface area (Å²) in [6.45, 7) is 6.20. The Bertz CT molecular complexity index is 735. The van der Waals surface area contributed by atoms with Gasteiger partial charge in [0.25, 0.3) is 0 Å². The molecule has 0 bridgehead atoms. The van der Waals surface area contributed by atoms with E-state index >= 15 is 0 Å². The van der Waals surface area contributed by atoms with Gasteiger partial charge in [-0.3, -0.25) is 4.79 Å². The lowest BCUT2D eigenvalue weighted by Crippen LogP contribution is -2.42. The number of carbonyl (C=O) groups is 3. The van der Waals surface area contributed by atoms with Crippen LogP contribution >= 0.6 is 0 Å². The van der Waals surface area contributed by atoms with Crippen molar-refractivity contribution in [1.82, 2.24) is 0 Å². The van der Waals surface area contributed by atoms with Gasteiger partial charge in [0.2, 0.25) is 5.91 Å². The third kappa shape index (κ3) is 5.42. The van der Waals surface area contributed by atoms with E-state index in [-0.39, 0.29) is 5.91 Å². The van der Waals surface area contributed by atoms with Gasteiger partial charge in [0.05, 0.1) is 18.1 Å². The molecule has 0 spiro atoms. The number of ether oxygens (including phenoxy) is 1. The number of carboxylic acids is 1. The molecule has 1 aliphatic rings. The molecule has 1 aromatic rings. The van der Waals surface area contributed by atoms with Crippen LogP contribution in [0.1, 0.15) is 56.8 Å². The van der Waals surface area contributed by atoms with E-state index in [2.05, 4.69) is 5.32 Å². The Morgan fingerprint density at radius 1 is 1.07 bits per heavy atom. The summed E-state index contributed by atoms with van der Waals surface area (Å²) in [5, 5.41) is 14.2. The van der Waals surface area contributed by atoms with E-state index in [1.165, 1.54) is 0 Å². The van der Waals surface area contributed by atoms with Gasteiger partial charge in [-0.25, -0.2) is 4.79 Å². The van der Waals surface area contributed by atoms with Crippen molar-refractivity contribution in [2.75, 3.05) is 11.9 Å². The molecule has 0 radical (unpaired) electrons. The number of nitrogens with one attached hydrogen (secondary N) is 1. The molecule has 0 saturated carbocycles. The maximum atomic E-state index is 12.6. The minimum Gasteiger partial charge on any atom is -0.550 e. The Hall–Kier alpha value is -2.63. The van der Waals surface area contributed by atoms with Crippen LogP contribution in [0.2, 0.25) is 0 Å². The predicted molar refractivity (Wildman–Crippen MR) is 99.9 cm³/mol. The van der Waals surface area contributed by atoms with Crippen LogP contribution in [-0.4, -0.2) is 24.5 Å². The second kappa shape index (κ2) is 9.35. The second-order valence-electron chi connectivity index (χ2n) is 7.06. The molecule has 0 aromatic heterocycles. The van der Waals surface area contributed by atoms with E-state index in [1.807, 2.05) is 20.8 Å². The molecule has 146 valence electrons. The molecule has 0 fully saturated rings. The highest BCUT2D eigenvalue weighted by Gasteiger charge is 2.33. The van der Waals surface area contributed by atoms with Crippen molar-refractivity contribution in [3.8, 4) is 0 Å². The fourth-order valence-electron chi connectivity index (χ4n) is 3.13. The van der Waals surface area contributed by atoms with Crippen LogP contribution < -0.4 is 10.4 Å². The molecule has 6 heteroatoms. The number of amides is 1. The number of carboxylic acid groups (broad SMARTS) is 1. The molecule has 0 saturated heterocycles. The molecular formula is C21H26NO5-. The van der Waals surface area contributed by atoms with Crippen LogP contribution in [-0.2, 0) is 14.3 Å². The number of benzene rings is 1. The third-order valence-electron chi connectivity index (χ3n) is 5.03. The third-order valence-corrected chi connectivity index (χ3v) is 5.03. The highest BCUT2D eigenvalue weighted by molar-refractivity contribution is 5.96. The molecule has 2 rings (SSSR count). The van der Waals surface area contributed by atoms with Crippen molar-refractivity contribution in [1.29, 1.82) is 0 Å². The molecule has 1 aliphatic carbocycles. The summed E-state index contributed by atoms with van der Waals surface area (Å²) in [7, 11) is 0. The number of aliphatic carboxylic acids is 1. The van der Waals surface area contributed by atoms with Crippen LogP contribution in [0.4, 0.5) is 5.69 Å². The molecular weight excluding hydrogens is 346 g/mol. The lowest BCUT2D eigenvalue weighted by atomic mass is 9.76. The zero-order valence-corrected chi connectivity index (χ0v) is 16.0. The van der Waals surface area contributed by atoms with Crippen molar-refractivity contribution in [2.24, 2.45) is 11.8 Å². The van der Waals surface area contributed by atoms with Crippen LogP contribution in [0.3, 0.4) is 0 Å². The molecule has 1 aromatic carbocycles. The van der Waals surface area contributed by atoms with Crippen LogP contribution in [0.25, 0.3) is 0 Å². The van der Waals surface area contributed by atoms with E-state index in [0.29, 0.717) is 30.7 Å². The van der Waals surface area contributed by atoms with Gasteiger partial charge >= 0.3 is 5.97 Å². The number of unbranched alkanes of at least 4 members (excludes halogenated alkanes) is 1. The Kier molecular flexibility index (Phi) is 7.16. The van der Waals surface area contributed by atoms with Gasteiger partial charge in [0.15, 0.2) is 0 Å². The number of anilines is 1. The normalized spacial score (nSPS) is 19.5. The van der Waals surface area contributed by atoms with Gasteiger partial charge in [0, 0.05) is 17.6 Å². The summed E-state index contributed by atoms with van der Waals surface area (Å²) in [5.74, 6) is -3.46. The molecule has 0 aliphatic heterocycles. The Morgan fingerprint density at radius 3 is 2.22 bits per heavy atom. The first-order valence-corrected chi connectivity index (χ1v) is 9.27. The van der Waals surface area contributed by atoms with Gasteiger partial charge in [-0.2, -0.15) is 0 Å². The Labute approximate surface area is 159 Å². The van der Waals surface area contributed by atoms with E-state index in [0.717, 1.165) is 24.0 Å². The lowest BCUT2D eigenvalue weighted by Gasteiger charge is -2.32. The van der Waals surface area contributed by atoms with Crippen LogP contribution in [0, 0.1) is 11.8 Å². The summed E-state index contributed by atoms with van der Waals surface area (Å²) >= 11 is 0. The zero-order valence-electron chi connectivity index (χ0n) is 16.0. The summed E-state index contributed by atoms with van der Waals surface area (Å²) in [6, 6.07) is 6.38. The molecule has 0 unspecified atom stereocenters. The SMILES string of the molecule is CCCCOC(=O)c1ccc(NC(=O)[C@H]2CC(C)=C(C)C[C@H]2C(=O)[O-])cc1. The van der Waals surface area contributed by atoms with Crippen molar-refractivity contribution in [2.45, 2.75) is 46.5 Å². The fourth-order valence-corrected chi connectivity index (χ4v) is 3.13. The molecule has 1 amide bonds. The van der Waals surface area contributed by atoms with E-state index < -0.39 is 23.8 Å². The summed E-state index contributed by atoms with van der Waals surface area (Å²) in [5.41, 5.74) is 2.95. The number of allylic oxidation sites excluding steroid dienone is 2. The summed E-state index contributed by atoms with van der Waals surface area (Å²) in [4.78, 5) is 35.9. The Balaban J connectivity index is 2.02. The van der Waals surface area contributed by atoms with Crippen molar-refractivity contribution >= 4 is 23.5 Å². The summed E-state index contributed by atoms with van der Waals surface area (Å²) in [6.07, 6.45) is 2.49. The number of hydrogen-bond acceptors (Lipinski definition) is 5. The first-order valence-electron chi connectivity index (χ1n) is 9.27. The van der Waals surface area contributed by atoms with Crippen LogP contribution in [0.5, 0.6) is 0 Å². The minimum absolute atomic E-state index is 0.328. The lowest BCUT2D eigenvalue weighted by molar-refractivity contribution is -0.313. The highest BCUT2D eigenvalue weighted by atomic mass is 16.5. The highest BCUT2D eigenvalue weighted by Crippen LogP contribution is 2.34. The maximum Gasteiger partial charge on any atom is 0.338 e. The van der Waals surface area contributed by atoms with Gasteiger partial charge in [0.1, 0.15) is 0 Å². The zero-order chi connectivity index (χ0) is 20.0. The largest absolute Gasteiger partial charge is 0.550 e. The topological polar surface area (TPSA) is 95.5 Å². The Morgan fingerprint density at radius 2 is 1.67 bits per heavy atom. The standard InChI is InChI=1S/C21H27NO5/c1-4-5-10-27-21(26)15-6-8-16(9-7-15)22-19(23)17-11-13(2)14(3)12-18(17)20(24)25/h6-9,17-18H,4-5,10-12H2,1-3H3,(H,22,23)(H,24,25)/p-1/t17-,18+/m0/s1. The van der Waals surface area contributed by atoms with Gasteiger partial charge < -0.3 is 20.0 Å². The molecule has 1 N–H and O–H groups in total. The quantitative estimate of drug-likeness (QED) is 0.451. The van der Waals surface area contributed by atoms with E-state index in [1.54, 1.807) is 24.3 Å². The average molecular weight is 372 g/mol. The van der Waals surface area contributed by atoms with Gasteiger partial charge in [-0.1, -0.05) is 24.5 Å². The van der Waals surface area contributed by atoms with E-state index in [9.17, 15) is 19.5 Å². The van der Waals surface area contributed by atoms with E-state index in [4.69, 9.17) is 4.74 Å². The minimum atomic E-state index is -1.20. The predicted octanol–water partition coefficient (Wildman–Crippen LogP) is 2.69. The number of esters is 1. The van der Waals surface area contributed by atoms with Crippen LogP contribution in [0.15, 0.2) is 35.4 Å². The maximum absolute atomic E-state index is 12.6. The molecule has 27 heavy (non-hydrogen) atoms. The van der Waals surface area contributed by atoms with Gasteiger partial charge in [-0.05, 0) is 57.4 Å². The average Bonchev–Trinajstić information content (AvgIpc) is 2.64. The fraction of sp³-hybridized carbons (Fsp3) is 0.476. The molecule has 2 atom stereocenters. The second-order valence-corrected chi connectivity index (χ2v) is 7.06. The van der Waals surface area contributed by atoms with Crippen molar-refractivity contribution in [3.63, 3.8) is 0 Å². The summed E-state index contributed by atoms with van der Waals surface area (Å²) < 4.78 is 5.14. The van der Waals surface area contributed by atoms with Crippen molar-refractivity contribution in [3.05, 3.63) is 41.0 Å². The first kappa shape index (κ1) is 20.7. The smallest absolute Gasteiger partial charge is 0.338 e. The number of carbonyl (C=O) groups excluding carboxylic acids is 3. The number of rotatable bonds is 7. The first-order chi connectivity index (χ1) is 12.8. The van der Waals surface area contributed by atoms with Gasteiger partial charge in [-0.15, -0.1) is 0 Å².